The van der Waals surface area contributed by atoms with Crippen LogP contribution < -0.4 is 11.0 Å². The third-order valence-corrected chi connectivity index (χ3v) is 7.16. The maximum absolute atomic E-state index is 12.7. The lowest BCUT2D eigenvalue weighted by Crippen LogP contribution is -2.48. The summed E-state index contributed by atoms with van der Waals surface area (Å²) < 4.78 is 2.05. The average molecular weight is 416 g/mol. The van der Waals surface area contributed by atoms with Crippen molar-refractivity contribution in [1.29, 1.82) is 0 Å². The van der Waals surface area contributed by atoms with Gasteiger partial charge in [-0.3, -0.25) is 15.0 Å². The number of aromatic nitrogens is 2. The second-order valence-corrected chi connectivity index (χ2v) is 9.63. The van der Waals surface area contributed by atoms with Gasteiger partial charge in [-0.05, 0) is 79.9 Å². The smallest absolute Gasteiger partial charge is 0.273 e. The Morgan fingerprint density at radius 1 is 1.19 bits per heavy atom. The number of rotatable bonds is 3. The molecule has 2 aromatic rings. The molecule has 6 rings (SSSR count). The lowest BCUT2D eigenvalue weighted by molar-refractivity contribution is -0.125. The monoisotopic (exact) mass is 415 g/mol. The van der Waals surface area contributed by atoms with Crippen LogP contribution in [0.25, 0.3) is 10.9 Å². The molecule has 1 aromatic heterocycles. The minimum atomic E-state index is -0.241. The molecule has 4 bridgehead atoms. The van der Waals surface area contributed by atoms with Gasteiger partial charge in [0.25, 0.3) is 5.56 Å². The summed E-state index contributed by atoms with van der Waals surface area (Å²) in [6.45, 7) is 0. The van der Waals surface area contributed by atoms with Gasteiger partial charge in [0.05, 0.1) is 10.9 Å². The van der Waals surface area contributed by atoms with Crippen molar-refractivity contribution in [1.82, 2.24) is 9.66 Å². The van der Waals surface area contributed by atoms with Gasteiger partial charge in [0.1, 0.15) is 6.33 Å². The summed E-state index contributed by atoms with van der Waals surface area (Å²) in [5.41, 5.74) is 3.34. The van der Waals surface area contributed by atoms with Gasteiger partial charge in [0.15, 0.2) is 0 Å². The SMILES string of the molecule is O=C(CC12CC3CC(CC(C3)C1)C2)Nn1cnc2ccc(Br)cc2c1=O. The number of hydrogen-bond acceptors (Lipinski definition) is 3. The molecule has 0 unspecified atom stereocenters. The number of carbonyl (C=O) groups is 1. The van der Waals surface area contributed by atoms with Crippen molar-refractivity contribution in [2.45, 2.75) is 44.9 Å². The zero-order chi connectivity index (χ0) is 17.9. The molecule has 4 fully saturated rings. The van der Waals surface area contributed by atoms with Crippen molar-refractivity contribution in [3.05, 3.63) is 39.4 Å². The summed E-state index contributed by atoms with van der Waals surface area (Å²) in [6.07, 6.45) is 9.59. The van der Waals surface area contributed by atoms with Gasteiger partial charge < -0.3 is 0 Å². The maximum Gasteiger partial charge on any atom is 0.280 e. The molecule has 6 heteroatoms. The Morgan fingerprint density at radius 3 is 2.50 bits per heavy atom. The number of nitrogens with one attached hydrogen (secondary N) is 1. The molecular formula is C20H22BrN3O2. The normalized spacial score (nSPS) is 32.1. The molecule has 26 heavy (non-hydrogen) atoms. The standard InChI is InChI=1S/C20H22BrN3O2/c21-15-1-2-17-16(6-15)19(26)24(11-22-17)23-18(25)10-20-7-12-3-13(8-20)5-14(4-12)9-20/h1-2,6,11-14H,3-5,7-10H2,(H,23,25). The van der Waals surface area contributed by atoms with Gasteiger partial charge in [-0.15, -0.1) is 0 Å². The van der Waals surface area contributed by atoms with E-state index in [4.69, 9.17) is 0 Å². The van der Waals surface area contributed by atoms with E-state index in [-0.39, 0.29) is 16.9 Å². The fourth-order valence-electron chi connectivity index (χ4n) is 6.19. The van der Waals surface area contributed by atoms with Crippen molar-refractivity contribution in [2.24, 2.45) is 23.2 Å². The van der Waals surface area contributed by atoms with E-state index in [0.717, 1.165) is 22.2 Å². The highest BCUT2D eigenvalue weighted by Gasteiger charge is 2.51. The molecular weight excluding hydrogens is 394 g/mol. The third kappa shape index (κ3) is 2.79. The Bertz CT molecular complexity index is 916. The molecule has 5 nitrogen and oxygen atoms in total. The minimum absolute atomic E-state index is 0.0646. The van der Waals surface area contributed by atoms with Crippen LogP contribution in [0.2, 0.25) is 0 Å². The first-order chi connectivity index (χ1) is 12.5. The average Bonchev–Trinajstić information content (AvgIpc) is 2.56. The van der Waals surface area contributed by atoms with Crippen LogP contribution in [0.1, 0.15) is 44.9 Å². The van der Waals surface area contributed by atoms with Crippen LogP contribution in [0.3, 0.4) is 0 Å². The van der Waals surface area contributed by atoms with E-state index in [0.29, 0.717) is 17.3 Å². The highest BCUT2D eigenvalue weighted by atomic mass is 79.9. The molecule has 4 aliphatic carbocycles. The van der Waals surface area contributed by atoms with Crippen molar-refractivity contribution in [2.75, 3.05) is 5.43 Å². The summed E-state index contributed by atoms with van der Waals surface area (Å²) in [7, 11) is 0. The zero-order valence-electron chi connectivity index (χ0n) is 14.6. The Hall–Kier alpha value is -1.69. The van der Waals surface area contributed by atoms with Gasteiger partial charge in [-0.2, -0.15) is 0 Å². The molecule has 0 aliphatic heterocycles. The topological polar surface area (TPSA) is 64.0 Å². The lowest BCUT2D eigenvalue weighted by Gasteiger charge is -2.56. The molecule has 1 aromatic carbocycles. The van der Waals surface area contributed by atoms with E-state index < -0.39 is 0 Å². The van der Waals surface area contributed by atoms with E-state index >= 15 is 0 Å². The first-order valence-electron chi connectivity index (χ1n) is 9.46. The van der Waals surface area contributed by atoms with Crippen molar-refractivity contribution < 1.29 is 4.79 Å². The van der Waals surface area contributed by atoms with Gasteiger partial charge in [0.2, 0.25) is 5.91 Å². The fourth-order valence-corrected chi connectivity index (χ4v) is 6.56. The summed E-state index contributed by atoms with van der Waals surface area (Å²) in [6, 6.07) is 5.39. The van der Waals surface area contributed by atoms with Crippen molar-refractivity contribution >= 4 is 32.7 Å². The summed E-state index contributed by atoms with van der Waals surface area (Å²) >= 11 is 3.38. The van der Waals surface area contributed by atoms with E-state index in [1.54, 1.807) is 12.1 Å². The van der Waals surface area contributed by atoms with E-state index in [1.807, 2.05) is 6.07 Å². The number of nitrogens with zero attached hydrogens (tertiary/aromatic N) is 2. The molecule has 136 valence electrons. The predicted molar refractivity (Wildman–Crippen MR) is 103 cm³/mol. The molecule has 0 radical (unpaired) electrons. The number of halogens is 1. The molecule has 0 spiro atoms. The van der Waals surface area contributed by atoms with Crippen LogP contribution in [0.15, 0.2) is 33.8 Å². The van der Waals surface area contributed by atoms with E-state index in [2.05, 4.69) is 26.3 Å². The maximum atomic E-state index is 12.7. The molecule has 1 heterocycles. The summed E-state index contributed by atoms with van der Waals surface area (Å²) in [5, 5.41) is 0.497. The number of amides is 1. The molecule has 4 aliphatic rings. The minimum Gasteiger partial charge on any atom is -0.273 e. The predicted octanol–water partition coefficient (Wildman–Crippen LogP) is 3.84. The first kappa shape index (κ1) is 16.5. The molecule has 0 saturated heterocycles. The quantitative estimate of drug-likeness (QED) is 0.827. The van der Waals surface area contributed by atoms with Crippen LogP contribution in [0.4, 0.5) is 0 Å². The van der Waals surface area contributed by atoms with Gasteiger partial charge >= 0.3 is 0 Å². The van der Waals surface area contributed by atoms with E-state index in [1.165, 1.54) is 49.5 Å². The summed E-state index contributed by atoms with van der Waals surface area (Å²) in [4.78, 5) is 29.7. The summed E-state index contributed by atoms with van der Waals surface area (Å²) in [5.74, 6) is 2.38. The van der Waals surface area contributed by atoms with E-state index in [9.17, 15) is 9.59 Å². The van der Waals surface area contributed by atoms with Gasteiger partial charge in [-0.1, -0.05) is 15.9 Å². The molecule has 1 N–H and O–H groups in total. The fraction of sp³-hybridized carbons (Fsp3) is 0.550. The Balaban J connectivity index is 1.37. The van der Waals surface area contributed by atoms with Crippen LogP contribution >= 0.6 is 15.9 Å². The number of fused-ring (bicyclic) bond motifs is 1. The first-order valence-corrected chi connectivity index (χ1v) is 10.3. The van der Waals surface area contributed by atoms with Crippen LogP contribution in [0.5, 0.6) is 0 Å². The lowest BCUT2D eigenvalue weighted by atomic mass is 9.49. The Labute approximate surface area is 160 Å². The largest absolute Gasteiger partial charge is 0.280 e. The third-order valence-electron chi connectivity index (χ3n) is 6.67. The molecule has 0 atom stereocenters. The van der Waals surface area contributed by atoms with Crippen molar-refractivity contribution in [3.63, 3.8) is 0 Å². The van der Waals surface area contributed by atoms with Gasteiger partial charge in [-0.25, -0.2) is 9.66 Å². The highest BCUT2D eigenvalue weighted by molar-refractivity contribution is 9.10. The second kappa shape index (κ2) is 5.91. The second-order valence-electron chi connectivity index (χ2n) is 8.71. The number of carbonyl (C=O) groups excluding carboxylic acids is 1. The van der Waals surface area contributed by atoms with Crippen molar-refractivity contribution in [3.8, 4) is 0 Å². The van der Waals surface area contributed by atoms with Gasteiger partial charge in [0, 0.05) is 10.9 Å². The van der Waals surface area contributed by atoms with Crippen LogP contribution in [-0.2, 0) is 4.79 Å². The number of hydrogen-bond donors (Lipinski definition) is 1. The zero-order valence-corrected chi connectivity index (χ0v) is 16.2. The Morgan fingerprint density at radius 2 is 1.85 bits per heavy atom. The van der Waals surface area contributed by atoms with Crippen LogP contribution in [0, 0.1) is 23.2 Å². The number of benzene rings is 1. The van der Waals surface area contributed by atoms with Crippen LogP contribution in [-0.4, -0.2) is 15.6 Å². The Kier molecular flexibility index (Phi) is 3.75. The molecule has 1 amide bonds. The highest BCUT2D eigenvalue weighted by Crippen LogP contribution is 2.61. The molecule has 4 saturated carbocycles.